The summed E-state index contributed by atoms with van der Waals surface area (Å²) in [5.41, 5.74) is 2.25. The fraction of sp³-hybridized carbons (Fsp3) is 0.444. The topological polar surface area (TPSA) is 56.9 Å². The van der Waals surface area contributed by atoms with E-state index in [0.717, 1.165) is 62.4 Å². The number of nitrogens with one attached hydrogen (secondary N) is 1. The second-order valence-electron chi connectivity index (χ2n) is 6.10. The van der Waals surface area contributed by atoms with Gasteiger partial charge in [0.15, 0.2) is 5.96 Å². The van der Waals surface area contributed by atoms with E-state index < -0.39 is 0 Å². The average Bonchev–Trinajstić information content (AvgIpc) is 3.14. The number of hydrogen-bond donors (Lipinski definition) is 1. The molecule has 1 aromatic heterocycles. The molecule has 1 aromatic carbocycles. The van der Waals surface area contributed by atoms with E-state index in [1.165, 1.54) is 5.56 Å². The lowest BCUT2D eigenvalue weighted by atomic mass is 10.1. The van der Waals surface area contributed by atoms with Gasteiger partial charge in [-0.15, -0.1) is 0 Å². The summed E-state index contributed by atoms with van der Waals surface area (Å²) < 4.78 is 4.90. The number of halogens is 1. The lowest BCUT2D eigenvalue weighted by Gasteiger charge is -2.36. The fourth-order valence-electron chi connectivity index (χ4n) is 2.97. The molecule has 134 valence electrons. The number of hydrogen-bond acceptors (Lipinski definition) is 4. The Bertz CT molecular complexity index is 663. The van der Waals surface area contributed by atoms with Gasteiger partial charge in [-0.25, -0.2) is 0 Å². The van der Waals surface area contributed by atoms with Gasteiger partial charge in [0.1, 0.15) is 6.26 Å². The zero-order valence-corrected chi connectivity index (χ0v) is 15.2. The zero-order valence-electron chi connectivity index (χ0n) is 14.5. The quantitative estimate of drug-likeness (QED) is 0.654. The highest BCUT2D eigenvalue weighted by Gasteiger charge is 2.20. The third-order valence-corrected chi connectivity index (χ3v) is 4.62. The molecule has 3 rings (SSSR count). The summed E-state index contributed by atoms with van der Waals surface area (Å²) in [6, 6.07) is 9.91. The first-order valence-electron chi connectivity index (χ1n) is 8.56. The molecule has 1 fully saturated rings. The van der Waals surface area contributed by atoms with Gasteiger partial charge >= 0.3 is 0 Å². The summed E-state index contributed by atoms with van der Waals surface area (Å²) in [6.07, 6.45) is 2.57. The lowest BCUT2D eigenvalue weighted by molar-refractivity contribution is 0.169. The van der Waals surface area contributed by atoms with E-state index in [-0.39, 0.29) is 0 Å². The SMILES string of the molecule is CN=C(NCCc1ccc(Cl)cc1)N1CCN(Cc2ccon2)CC1. The second kappa shape index (κ2) is 8.87. The van der Waals surface area contributed by atoms with Gasteiger partial charge < -0.3 is 14.7 Å². The number of benzene rings is 1. The van der Waals surface area contributed by atoms with E-state index in [1.807, 2.05) is 25.2 Å². The molecule has 1 aliphatic rings. The van der Waals surface area contributed by atoms with Gasteiger partial charge in [0.25, 0.3) is 0 Å². The van der Waals surface area contributed by atoms with Crippen molar-refractivity contribution in [1.82, 2.24) is 20.3 Å². The standard InChI is InChI=1S/C18H24ClN5O/c1-20-18(21-8-6-15-2-4-16(19)5-3-15)24-11-9-23(10-12-24)14-17-7-13-25-22-17/h2-5,7,13H,6,8-12,14H2,1H3,(H,20,21). The lowest BCUT2D eigenvalue weighted by Crippen LogP contribution is -2.52. The zero-order chi connectivity index (χ0) is 17.5. The van der Waals surface area contributed by atoms with Crippen LogP contribution in [0.1, 0.15) is 11.3 Å². The Morgan fingerprint density at radius 1 is 1.20 bits per heavy atom. The molecular weight excluding hydrogens is 338 g/mol. The van der Waals surface area contributed by atoms with Crippen molar-refractivity contribution in [3.05, 3.63) is 52.9 Å². The van der Waals surface area contributed by atoms with Crippen LogP contribution in [0.4, 0.5) is 0 Å². The van der Waals surface area contributed by atoms with Gasteiger partial charge in [-0.3, -0.25) is 9.89 Å². The molecule has 7 heteroatoms. The number of aliphatic imine (C=N–C) groups is 1. The van der Waals surface area contributed by atoms with Crippen molar-refractivity contribution < 1.29 is 4.52 Å². The first kappa shape index (κ1) is 17.8. The third kappa shape index (κ3) is 5.21. The van der Waals surface area contributed by atoms with Gasteiger partial charge in [0.05, 0.1) is 5.69 Å². The van der Waals surface area contributed by atoms with E-state index in [0.29, 0.717) is 0 Å². The number of nitrogens with zero attached hydrogens (tertiary/aromatic N) is 4. The van der Waals surface area contributed by atoms with E-state index in [9.17, 15) is 0 Å². The number of rotatable bonds is 5. The van der Waals surface area contributed by atoms with Crippen LogP contribution < -0.4 is 5.32 Å². The summed E-state index contributed by atoms with van der Waals surface area (Å²) >= 11 is 5.92. The third-order valence-electron chi connectivity index (χ3n) is 4.37. The van der Waals surface area contributed by atoms with Crippen LogP contribution in [0.5, 0.6) is 0 Å². The minimum Gasteiger partial charge on any atom is -0.364 e. The van der Waals surface area contributed by atoms with Crippen LogP contribution in [0, 0.1) is 0 Å². The van der Waals surface area contributed by atoms with Gasteiger partial charge in [0, 0.05) is 57.4 Å². The van der Waals surface area contributed by atoms with Crippen LogP contribution in [-0.4, -0.2) is 60.7 Å². The largest absolute Gasteiger partial charge is 0.364 e. The van der Waals surface area contributed by atoms with Crippen LogP contribution >= 0.6 is 11.6 Å². The van der Waals surface area contributed by atoms with Crippen molar-refractivity contribution in [3.8, 4) is 0 Å². The molecule has 2 aromatic rings. The molecule has 0 saturated carbocycles. The Balaban J connectivity index is 1.42. The van der Waals surface area contributed by atoms with Crippen molar-refractivity contribution in [1.29, 1.82) is 0 Å². The van der Waals surface area contributed by atoms with Gasteiger partial charge in [-0.05, 0) is 24.1 Å². The van der Waals surface area contributed by atoms with Gasteiger partial charge in [0.2, 0.25) is 0 Å². The van der Waals surface area contributed by atoms with E-state index >= 15 is 0 Å². The second-order valence-corrected chi connectivity index (χ2v) is 6.54. The molecule has 0 spiro atoms. The monoisotopic (exact) mass is 361 g/mol. The van der Waals surface area contributed by atoms with E-state index in [4.69, 9.17) is 16.1 Å². The van der Waals surface area contributed by atoms with Crippen LogP contribution in [0.3, 0.4) is 0 Å². The Morgan fingerprint density at radius 3 is 2.60 bits per heavy atom. The number of aromatic nitrogens is 1. The molecule has 0 bridgehead atoms. The van der Waals surface area contributed by atoms with E-state index in [1.54, 1.807) is 6.26 Å². The molecule has 0 aliphatic carbocycles. The Hall–Kier alpha value is -2.05. The molecule has 0 amide bonds. The van der Waals surface area contributed by atoms with Crippen LogP contribution in [0.2, 0.25) is 5.02 Å². The first-order valence-corrected chi connectivity index (χ1v) is 8.94. The molecule has 0 unspecified atom stereocenters. The van der Waals surface area contributed by atoms with Crippen LogP contribution in [-0.2, 0) is 13.0 Å². The van der Waals surface area contributed by atoms with Crippen molar-refractivity contribution in [2.45, 2.75) is 13.0 Å². The molecule has 1 saturated heterocycles. The van der Waals surface area contributed by atoms with Gasteiger partial charge in [-0.1, -0.05) is 28.9 Å². The smallest absolute Gasteiger partial charge is 0.193 e. The highest BCUT2D eigenvalue weighted by atomic mass is 35.5. The van der Waals surface area contributed by atoms with Gasteiger partial charge in [-0.2, -0.15) is 0 Å². The Morgan fingerprint density at radius 2 is 1.96 bits per heavy atom. The van der Waals surface area contributed by atoms with Crippen LogP contribution in [0.15, 0.2) is 46.1 Å². The average molecular weight is 362 g/mol. The summed E-state index contributed by atoms with van der Waals surface area (Å²) in [5.74, 6) is 0.968. The highest BCUT2D eigenvalue weighted by molar-refractivity contribution is 6.30. The Labute approximate surface area is 153 Å². The minimum absolute atomic E-state index is 0.774. The predicted octanol–water partition coefficient (Wildman–Crippen LogP) is 2.26. The molecule has 1 N–H and O–H groups in total. The van der Waals surface area contributed by atoms with Crippen LogP contribution in [0.25, 0.3) is 0 Å². The molecule has 25 heavy (non-hydrogen) atoms. The Kier molecular flexibility index (Phi) is 6.30. The van der Waals surface area contributed by atoms with Crippen molar-refractivity contribution >= 4 is 17.6 Å². The number of piperazine rings is 1. The number of guanidine groups is 1. The normalized spacial score (nSPS) is 16.2. The van der Waals surface area contributed by atoms with Crippen molar-refractivity contribution in [3.63, 3.8) is 0 Å². The molecule has 6 nitrogen and oxygen atoms in total. The minimum atomic E-state index is 0.774. The summed E-state index contributed by atoms with van der Waals surface area (Å²) in [6.45, 7) is 5.59. The maximum absolute atomic E-state index is 5.92. The first-order chi connectivity index (χ1) is 12.2. The molecule has 0 radical (unpaired) electrons. The maximum atomic E-state index is 5.92. The summed E-state index contributed by atoms with van der Waals surface area (Å²) in [5, 5.41) is 8.21. The van der Waals surface area contributed by atoms with E-state index in [2.05, 4.69) is 37.4 Å². The van der Waals surface area contributed by atoms with Crippen molar-refractivity contribution in [2.24, 2.45) is 4.99 Å². The summed E-state index contributed by atoms with van der Waals surface area (Å²) in [4.78, 5) is 9.11. The highest BCUT2D eigenvalue weighted by Crippen LogP contribution is 2.10. The molecule has 1 aliphatic heterocycles. The summed E-state index contributed by atoms with van der Waals surface area (Å²) in [7, 11) is 1.84. The molecule has 0 atom stereocenters. The predicted molar refractivity (Wildman–Crippen MR) is 99.9 cm³/mol. The molecular formula is C18H24ClN5O. The van der Waals surface area contributed by atoms with Crippen molar-refractivity contribution in [2.75, 3.05) is 39.8 Å². The maximum Gasteiger partial charge on any atom is 0.193 e. The fourth-order valence-corrected chi connectivity index (χ4v) is 3.09. The molecule has 2 heterocycles.